The molecule has 0 atom stereocenters. The van der Waals surface area contributed by atoms with Gasteiger partial charge in [0.2, 0.25) is 0 Å². The van der Waals surface area contributed by atoms with Gasteiger partial charge < -0.3 is 4.89 Å². The van der Waals surface area contributed by atoms with Gasteiger partial charge in [-0.15, -0.1) is 0 Å². The Kier molecular flexibility index (Phi) is 5.20. The third-order valence-electron chi connectivity index (χ3n) is 3.95. The van der Waals surface area contributed by atoms with E-state index < -0.39 is 11.4 Å². The number of hydrogen-bond acceptors (Lipinski definition) is 3. The Morgan fingerprint density at radius 1 is 1.06 bits per heavy atom. The molecule has 3 heteroatoms. The van der Waals surface area contributed by atoms with Crippen molar-refractivity contribution in [2.75, 3.05) is 0 Å². The third kappa shape index (κ3) is 3.44. The quantitative estimate of drug-likeness (QED) is 0.580. The lowest BCUT2D eigenvalue weighted by Gasteiger charge is -2.46. The molecule has 17 heavy (non-hydrogen) atoms. The molecule has 0 aromatic carbocycles. The molecule has 0 bridgehead atoms. The molecular formula is C14H28O3. The number of carbonyl (C=O) groups is 1. The summed E-state index contributed by atoms with van der Waals surface area (Å²) < 4.78 is 0. The van der Waals surface area contributed by atoms with E-state index in [9.17, 15) is 4.79 Å². The molecule has 0 rings (SSSR count). The maximum atomic E-state index is 12.0. The Morgan fingerprint density at radius 2 is 1.47 bits per heavy atom. The van der Waals surface area contributed by atoms with Crippen LogP contribution in [-0.4, -0.2) is 11.2 Å². The summed E-state index contributed by atoms with van der Waals surface area (Å²) in [6, 6.07) is 0. The number of hydrogen-bond donors (Lipinski definition) is 1. The van der Waals surface area contributed by atoms with E-state index in [4.69, 9.17) is 5.26 Å². The van der Waals surface area contributed by atoms with Gasteiger partial charge >= 0.3 is 5.97 Å². The van der Waals surface area contributed by atoms with Gasteiger partial charge in [0, 0.05) is 0 Å². The topological polar surface area (TPSA) is 46.5 Å². The Hall–Kier alpha value is -0.570. The van der Waals surface area contributed by atoms with E-state index in [1.54, 1.807) is 0 Å². The highest BCUT2D eigenvalue weighted by Crippen LogP contribution is 2.51. The second-order valence-corrected chi connectivity index (χ2v) is 6.79. The molecule has 0 unspecified atom stereocenters. The zero-order valence-electron chi connectivity index (χ0n) is 12.4. The van der Waals surface area contributed by atoms with E-state index in [1.165, 1.54) is 0 Å². The van der Waals surface area contributed by atoms with Crippen molar-refractivity contribution in [2.45, 2.75) is 67.7 Å². The fraction of sp³-hybridized carbons (Fsp3) is 0.929. The Balaban J connectivity index is 5.37. The lowest BCUT2D eigenvalue weighted by atomic mass is 9.57. The summed E-state index contributed by atoms with van der Waals surface area (Å²) in [5, 5.41) is 8.74. The van der Waals surface area contributed by atoms with E-state index in [0.29, 0.717) is 12.8 Å². The van der Waals surface area contributed by atoms with Crippen LogP contribution in [0.2, 0.25) is 0 Å². The van der Waals surface area contributed by atoms with Gasteiger partial charge in [-0.3, -0.25) is 0 Å². The van der Waals surface area contributed by atoms with Crippen LogP contribution in [0.5, 0.6) is 0 Å². The first-order valence-electron chi connectivity index (χ1n) is 6.42. The first kappa shape index (κ1) is 16.4. The van der Waals surface area contributed by atoms with E-state index in [-0.39, 0.29) is 10.8 Å². The van der Waals surface area contributed by atoms with Crippen LogP contribution in [0.25, 0.3) is 0 Å². The smallest absolute Gasteiger partial charge is 0.300 e. The van der Waals surface area contributed by atoms with Crippen molar-refractivity contribution in [2.24, 2.45) is 16.2 Å². The van der Waals surface area contributed by atoms with Gasteiger partial charge in [0.1, 0.15) is 0 Å². The van der Waals surface area contributed by atoms with Crippen LogP contribution in [0, 0.1) is 16.2 Å². The van der Waals surface area contributed by atoms with Crippen molar-refractivity contribution >= 4 is 5.97 Å². The van der Waals surface area contributed by atoms with Crippen molar-refractivity contribution in [1.82, 2.24) is 0 Å². The zero-order chi connectivity index (χ0) is 13.9. The number of rotatable bonds is 5. The van der Waals surface area contributed by atoms with Crippen molar-refractivity contribution in [1.29, 1.82) is 0 Å². The minimum Gasteiger partial charge on any atom is -0.300 e. The van der Waals surface area contributed by atoms with Crippen LogP contribution in [0.3, 0.4) is 0 Å². The lowest BCUT2D eigenvalue weighted by molar-refractivity contribution is -0.253. The monoisotopic (exact) mass is 244 g/mol. The van der Waals surface area contributed by atoms with Gasteiger partial charge in [0.25, 0.3) is 0 Å². The summed E-state index contributed by atoms with van der Waals surface area (Å²) in [5.41, 5.74) is -0.696. The largest absolute Gasteiger partial charge is 0.348 e. The van der Waals surface area contributed by atoms with E-state index in [1.807, 2.05) is 13.8 Å². The van der Waals surface area contributed by atoms with Gasteiger partial charge in [-0.1, -0.05) is 48.5 Å². The molecule has 0 saturated heterocycles. The van der Waals surface area contributed by atoms with E-state index in [0.717, 1.165) is 6.42 Å². The number of carbonyl (C=O) groups excluding carboxylic acids is 1. The fourth-order valence-corrected chi connectivity index (χ4v) is 3.35. The zero-order valence-corrected chi connectivity index (χ0v) is 12.4. The summed E-state index contributed by atoms with van der Waals surface area (Å²) >= 11 is 0. The summed E-state index contributed by atoms with van der Waals surface area (Å²) in [4.78, 5) is 16.0. The third-order valence-corrected chi connectivity index (χ3v) is 3.95. The van der Waals surface area contributed by atoms with Gasteiger partial charge in [0.05, 0.1) is 5.41 Å². The van der Waals surface area contributed by atoms with Crippen molar-refractivity contribution < 1.29 is 14.9 Å². The maximum absolute atomic E-state index is 12.0. The van der Waals surface area contributed by atoms with Crippen molar-refractivity contribution in [3.8, 4) is 0 Å². The summed E-state index contributed by atoms with van der Waals surface area (Å²) in [6.07, 6.45) is 2.24. The molecule has 0 aromatic rings. The van der Waals surface area contributed by atoms with Crippen LogP contribution in [-0.2, 0) is 9.68 Å². The Bertz CT molecular complexity index is 257. The van der Waals surface area contributed by atoms with Crippen LogP contribution in [0.4, 0.5) is 0 Å². The predicted molar refractivity (Wildman–Crippen MR) is 69.6 cm³/mol. The first-order valence-corrected chi connectivity index (χ1v) is 6.42. The van der Waals surface area contributed by atoms with Gasteiger partial charge in [-0.05, 0) is 30.1 Å². The summed E-state index contributed by atoms with van der Waals surface area (Å²) in [7, 11) is 0. The average Bonchev–Trinajstić information content (AvgIpc) is 2.15. The Morgan fingerprint density at radius 3 is 1.71 bits per heavy atom. The molecule has 0 spiro atoms. The molecule has 0 fully saturated rings. The highest BCUT2D eigenvalue weighted by atomic mass is 17.1. The van der Waals surface area contributed by atoms with Crippen LogP contribution in [0.1, 0.15) is 67.7 Å². The van der Waals surface area contributed by atoms with Crippen LogP contribution in [0.15, 0.2) is 0 Å². The highest BCUT2D eigenvalue weighted by molar-refractivity contribution is 5.77. The van der Waals surface area contributed by atoms with Crippen molar-refractivity contribution in [3.63, 3.8) is 0 Å². The molecule has 0 amide bonds. The van der Waals surface area contributed by atoms with Crippen LogP contribution < -0.4 is 0 Å². The molecule has 0 aliphatic carbocycles. The van der Waals surface area contributed by atoms with Gasteiger partial charge in [0.15, 0.2) is 0 Å². The Labute approximate surface area is 105 Å². The first-order chi connectivity index (χ1) is 7.56. The normalized spacial score (nSPS) is 13.6. The molecular weight excluding hydrogens is 216 g/mol. The molecule has 3 nitrogen and oxygen atoms in total. The molecule has 0 saturated carbocycles. The SMILES string of the molecule is CCC(CC)(C(=O)OO)C(C)(C)CC(C)(C)C. The summed E-state index contributed by atoms with van der Waals surface area (Å²) in [6.45, 7) is 14.6. The minimum absolute atomic E-state index is 0.134. The minimum atomic E-state index is -0.616. The van der Waals surface area contributed by atoms with Gasteiger partial charge in [-0.2, -0.15) is 5.26 Å². The standard InChI is InChI=1S/C14H28O3/c1-8-14(9-2,11(15)17-16)13(6,7)10-12(3,4)5/h16H,8-10H2,1-7H3. The second kappa shape index (κ2) is 5.38. The van der Waals surface area contributed by atoms with Gasteiger partial charge in [-0.25, -0.2) is 4.79 Å². The molecule has 0 radical (unpaired) electrons. The van der Waals surface area contributed by atoms with E-state index in [2.05, 4.69) is 39.5 Å². The van der Waals surface area contributed by atoms with Crippen LogP contribution >= 0.6 is 0 Å². The molecule has 102 valence electrons. The molecule has 0 heterocycles. The maximum Gasteiger partial charge on any atom is 0.348 e. The molecule has 0 aliphatic heterocycles. The molecule has 0 aliphatic rings. The highest BCUT2D eigenvalue weighted by Gasteiger charge is 2.51. The predicted octanol–water partition coefficient (Wildman–Crippen LogP) is 4.27. The fourth-order valence-electron chi connectivity index (χ4n) is 3.35. The second-order valence-electron chi connectivity index (χ2n) is 6.79. The summed E-state index contributed by atoms with van der Waals surface area (Å²) in [5.74, 6) is -0.503. The lowest BCUT2D eigenvalue weighted by Crippen LogP contribution is -2.46. The molecule has 1 N–H and O–H groups in total. The molecule has 0 aromatic heterocycles. The van der Waals surface area contributed by atoms with E-state index >= 15 is 0 Å². The van der Waals surface area contributed by atoms with Crippen molar-refractivity contribution in [3.05, 3.63) is 0 Å². The average molecular weight is 244 g/mol.